The lowest BCUT2D eigenvalue weighted by molar-refractivity contribution is 0.617. The molecule has 0 unspecified atom stereocenters. The molecule has 2 N–H and O–H groups in total. The number of anilines is 1. The fourth-order valence-electron chi connectivity index (χ4n) is 1.64. The number of pyridine rings is 1. The van der Waals surface area contributed by atoms with Crippen LogP contribution in [0, 0.1) is 11.3 Å². The van der Waals surface area contributed by atoms with Gasteiger partial charge in [0.05, 0.1) is 5.56 Å². The van der Waals surface area contributed by atoms with Gasteiger partial charge in [0, 0.05) is 18.0 Å². The molecule has 0 saturated carbocycles. The molecule has 0 bridgehead atoms. The van der Waals surface area contributed by atoms with E-state index in [4.69, 9.17) is 15.4 Å². The normalized spacial score (nSPS) is 10.4. The molecule has 0 radical (unpaired) electrons. The van der Waals surface area contributed by atoms with Crippen molar-refractivity contribution in [3.63, 3.8) is 0 Å². The van der Waals surface area contributed by atoms with E-state index >= 15 is 0 Å². The summed E-state index contributed by atoms with van der Waals surface area (Å²) in [5.74, 6) is 0.417. The molecular weight excluding hydrogens is 228 g/mol. The number of aromatic nitrogens is 2. The molecule has 5 heteroatoms. The third-order valence-corrected chi connectivity index (χ3v) is 2.52. The van der Waals surface area contributed by atoms with Crippen molar-refractivity contribution < 1.29 is 4.42 Å². The van der Waals surface area contributed by atoms with Crippen LogP contribution in [0.1, 0.15) is 5.56 Å². The first kappa shape index (κ1) is 10.3. The van der Waals surface area contributed by atoms with Crippen molar-refractivity contribution in [2.45, 2.75) is 0 Å². The van der Waals surface area contributed by atoms with Gasteiger partial charge in [0.2, 0.25) is 5.89 Å². The maximum atomic E-state index is 8.70. The van der Waals surface area contributed by atoms with E-state index in [1.165, 1.54) is 6.20 Å². The van der Waals surface area contributed by atoms with Crippen molar-refractivity contribution in [2.24, 2.45) is 0 Å². The standard InChI is InChI=1S/C13H8N4O/c14-6-8-1-3-11(16-7-8)13-17-10-4-2-9(15)5-12(10)18-13/h1-5,7H,15H2. The van der Waals surface area contributed by atoms with Gasteiger partial charge in [-0.05, 0) is 24.3 Å². The number of hydrogen-bond acceptors (Lipinski definition) is 5. The average molecular weight is 236 g/mol. The Morgan fingerprint density at radius 1 is 1.22 bits per heavy atom. The molecule has 3 aromatic rings. The van der Waals surface area contributed by atoms with Gasteiger partial charge in [0.25, 0.3) is 0 Å². The monoisotopic (exact) mass is 236 g/mol. The zero-order valence-corrected chi connectivity index (χ0v) is 9.29. The maximum absolute atomic E-state index is 8.70. The molecule has 1 aromatic carbocycles. The Hall–Kier alpha value is -2.87. The third kappa shape index (κ3) is 1.66. The summed E-state index contributed by atoms with van der Waals surface area (Å²) in [4.78, 5) is 8.44. The zero-order valence-electron chi connectivity index (χ0n) is 9.29. The van der Waals surface area contributed by atoms with E-state index in [1.807, 2.05) is 6.07 Å². The van der Waals surface area contributed by atoms with Crippen LogP contribution >= 0.6 is 0 Å². The molecule has 5 nitrogen and oxygen atoms in total. The second kappa shape index (κ2) is 3.86. The lowest BCUT2D eigenvalue weighted by Gasteiger charge is -1.93. The summed E-state index contributed by atoms with van der Waals surface area (Å²) in [7, 11) is 0. The van der Waals surface area contributed by atoms with Gasteiger partial charge in [-0.1, -0.05) is 0 Å². The van der Waals surface area contributed by atoms with Crippen molar-refractivity contribution in [1.29, 1.82) is 5.26 Å². The van der Waals surface area contributed by atoms with Crippen molar-refractivity contribution in [3.8, 4) is 17.7 Å². The topological polar surface area (TPSA) is 88.7 Å². The molecule has 0 aliphatic rings. The number of benzene rings is 1. The van der Waals surface area contributed by atoms with Crippen LogP contribution in [0.5, 0.6) is 0 Å². The van der Waals surface area contributed by atoms with Gasteiger partial charge in [-0.15, -0.1) is 0 Å². The number of nitrogens with two attached hydrogens (primary N) is 1. The summed E-state index contributed by atoms with van der Waals surface area (Å²) < 4.78 is 5.57. The summed E-state index contributed by atoms with van der Waals surface area (Å²) in [5, 5.41) is 8.70. The van der Waals surface area contributed by atoms with Crippen molar-refractivity contribution >= 4 is 16.8 Å². The molecule has 0 spiro atoms. The number of nitrogen functional groups attached to an aromatic ring is 1. The Kier molecular flexibility index (Phi) is 2.21. The summed E-state index contributed by atoms with van der Waals surface area (Å²) in [5.41, 5.74) is 8.73. The van der Waals surface area contributed by atoms with E-state index in [0.29, 0.717) is 28.4 Å². The maximum Gasteiger partial charge on any atom is 0.246 e. The van der Waals surface area contributed by atoms with Crippen LogP contribution in [0.2, 0.25) is 0 Å². The Bertz CT molecular complexity index is 753. The first-order valence-electron chi connectivity index (χ1n) is 5.29. The molecule has 86 valence electrons. The van der Waals surface area contributed by atoms with Crippen LogP contribution in [0.4, 0.5) is 5.69 Å². The summed E-state index contributed by atoms with van der Waals surface area (Å²) >= 11 is 0. The Labute approximate surface area is 103 Å². The van der Waals surface area contributed by atoms with Crippen LogP contribution in [-0.4, -0.2) is 9.97 Å². The minimum atomic E-state index is 0.417. The summed E-state index contributed by atoms with van der Waals surface area (Å²) in [6.45, 7) is 0. The average Bonchev–Trinajstić information content (AvgIpc) is 2.81. The number of nitriles is 1. The van der Waals surface area contributed by atoms with Crippen LogP contribution in [0.25, 0.3) is 22.7 Å². The fourth-order valence-corrected chi connectivity index (χ4v) is 1.64. The number of oxazole rings is 1. The smallest absolute Gasteiger partial charge is 0.246 e. The van der Waals surface area contributed by atoms with E-state index in [1.54, 1.807) is 30.3 Å². The third-order valence-electron chi connectivity index (χ3n) is 2.52. The number of fused-ring (bicyclic) bond motifs is 1. The van der Waals surface area contributed by atoms with Gasteiger partial charge in [-0.25, -0.2) is 9.97 Å². The van der Waals surface area contributed by atoms with Gasteiger partial charge >= 0.3 is 0 Å². The second-order valence-corrected chi connectivity index (χ2v) is 3.79. The lowest BCUT2D eigenvalue weighted by Crippen LogP contribution is -1.84. The molecular formula is C13H8N4O. The Balaban J connectivity index is 2.10. The lowest BCUT2D eigenvalue weighted by atomic mass is 10.3. The molecule has 0 aliphatic carbocycles. The number of rotatable bonds is 1. The highest BCUT2D eigenvalue weighted by Crippen LogP contribution is 2.24. The predicted octanol–water partition coefficient (Wildman–Crippen LogP) is 2.34. The minimum Gasteiger partial charge on any atom is -0.435 e. The molecule has 18 heavy (non-hydrogen) atoms. The van der Waals surface area contributed by atoms with Crippen molar-refractivity contribution in [1.82, 2.24) is 9.97 Å². The molecule has 2 heterocycles. The van der Waals surface area contributed by atoms with Gasteiger partial charge in [0.1, 0.15) is 17.3 Å². The highest BCUT2D eigenvalue weighted by molar-refractivity contribution is 5.78. The van der Waals surface area contributed by atoms with Gasteiger partial charge in [-0.2, -0.15) is 5.26 Å². The Morgan fingerprint density at radius 2 is 2.11 bits per heavy atom. The van der Waals surface area contributed by atoms with Gasteiger partial charge in [-0.3, -0.25) is 0 Å². The Morgan fingerprint density at radius 3 is 2.83 bits per heavy atom. The van der Waals surface area contributed by atoms with Crippen LogP contribution in [0.15, 0.2) is 40.9 Å². The highest BCUT2D eigenvalue weighted by atomic mass is 16.3. The number of hydrogen-bond donors (Lipinski definition) is 1. The molecule has 0 saturated heterocycles. The van der Waals surface area contributed by atoms with Gasteiger partial charge < -0.3 is 10.2 Å². The SMILES string of the molecule is N#Cc1ccc(-c2nc3ccc(N)cc3o2)nc1. The number of nitrogens with zero attached hydrogens (tertiary/aromatic N) is 3. The van der Waals surface area contributed by atoms with E-state index in [0.717, 1.165) is 5.52 Å². The van der Waals surface area contributed by atoms with Crippen molar-refractivity contribution in [3.05, 3.63) is 42.1 Å². The van der Waals surface area contributed by atoms with Gasteiger partial charge in [0.15, 0.2) is 5.58 Å². The molecule has 3 rings (SSSR count). The van der Waals surface area contributed by atoms with Crippen molar-refractivity contribution in [2.75, 3.05) is 5.73 Å². The van der Waals surface area contributed by atoms with E-state index in [2.05, 4.69) is 9.97 Å². The van der Waals surface area contributed by atoms with E-state index < -0.39 is 0 Å². The van der Waals surface area contributed by atoms with Crippen LogP contribution in [0.3, 0.4) is 0 Å². The predicted molar refractivity (Wildman–Crippen MR) is 66.4 cm³/mol. The van der Waals surface area contributed by atoms with Crippen LogP contribution < -0.4 is 5.73 Å². The largest absolute Gasteiger partial charge is 0.435 e. The highest BCUT2D eigenvalue weighted by Gasteiger charge is 2.09. The summed E-state index contributed by atoms with van der Waals surface area (Å²) in [6.07, 6.45) is 1.48. The first-order valence-corrected chi connectivity index (χ1v) is 5.29. The molecule has 0 amide bonds. The van der Waals surface area contributed by atoms with E-state index in [9.17, 15) is 0 Å². The zero-order chi connectivity index (χ0) is 12.5. The quantitative estimate of drug-likeness (QED) is 0.655. The van der Waals surface area contributed by atoms with Crippen LogP contribution in [-0.2, 0) is 0 Å². The molecule has 2 aromatic heterocycles. The first-order chi connectivity index (χ1) is 8.76. The van der Waals surface area contributed by atoms with E-state index in [-0.39, 0.29) is 0 Å². The molecule has 0 aliphatic heterocycles. The fraction of sp³-hybridized carbons (Fsp3) is 0. The minimum absolute atomic E-state index is 0.417. The summed E-state index contributed by atoms with van der Waals surface area (Å²) in [6, 6.07) is 10.7. The second-order valence-electron chi connectivity index (χ2n) is 3.79. The molecule has 0 fully saturated rings. The molecule has 0 atom stereocenters.